The molecule has 3 fully saturated rings. The molecule has 0 saturated heterocycles. The van der Waals surface area contributed by atoms with E-state index < -0.39 is 0 Å². The molecular weight excluding hydrogens is 596 g/mol. The molecule has 3 aliphatic carbocycles. The average molecular weight is 659 g/mol. The van der Waals surface area contributed by atoms with Crippen molar-refractivity contribution in [1.29, 1.82) is 0 Å². The molecule has 0 spiro atoms. The molecule has 3 aliphatic rings. The lowest BCUT2D eigenvalue weighted by molar-refractivity contribution is 0.117. The molecule has 8 heteroatoms. The summed E-state index contributed by atoms with van der Waals surface area (Å²) in [4.78, 5) is 31.9. The molecule has 5 rings (SSSR count). The highest BCUT2D eigenvalue weighted by molar-refractivity contribution is 5.90. The highest BCUT2D eigenvalue weighted by Gasteiger charge is 2.33. The van der Waals surface area contributed by atoms with Crippen LogP contribution in [0.5, 0.6) is 0 Å². The Balaban J connectivity index is 1.16. The first-order valence-electron chi connectivity index (χ1n) is 19.4. The van der Waals surface area contributed by atoms with E-state index in [0.29, 0.717) is 23.9 Å². The van der Waals surface area contributed by atoms with E-state index in [9.17, 15) is 9.59 Å². The van der Waals surface area contributed by atoms with E-state index in [0.717, 1.165) is 113 Å². The summed E-state index contributed by atoms with van der Waals surface area (Å²) in [7, 11) is 0. The van der Waals surface area contributed by atoms with E-state index in [4.69, 9.17) is 0 Å². The van der Waals surface area contributed by atoms with Gasteiger partial charge < -0.3 is 31.1 Å². The lowest BCUT2D eigenvalue weighted by Gasteiger charge is -2.40. The van der Waals surface area contributed by atoms with E-state index in [1.165, 1.54) is 38.5 Å². The number of anilines is 4. The molecule has 264 valence electrons. The number of carbonyl (C=O) groups is 2. The number of hydrogen-bond donors (Lipinski definition) is 4. The maximum absolute atomic E-state index is 13.8. The maximum Gasteiger partial charge on any atom is 0.322 e. The summed E-state index contributed by atoms with van der Waals surface area (Å²) in [6.45, 7) is 7.87. The van der Waals surface area contributed by atoms with Gasteiger partial charge in [-0.3, -0.25) is 0 Å². The van der Waals surface area contributed by atoms with Crippen molar-refractivity contribution in [3.8, 4) is 0 Å². The molecular formula is C40H62N6O2. The van der Waals surface area contributed by atoms with Gasteiger partial charge in [-0.25, -0.2) is 9.59 Å². The summed E-state index contributed by atoms with van der Waals surface area (Å²) in [5.74, 6) is 1.01. The minimum Gasteiger partial charge on any atom is -0.385 e. The van der Waals surface area contributed by atoms with Gasteiger partial charge in [0.1, 0.15) is 0 Å². The van der Waals surface area contributed by atoms with Crippen molar-refractivity contribution in [2.75, 3.05) is 47.4 Å². The second-order valence-corrected chi connectivity index (χ2v) is 14.6. The highest BCUT2D eigenvalue weighted by Crippen LogP contribution is 2.34. The molecule has 0 unspecified atom stereocenters. The molecule has 0 aliphatic heterocycles. The van der Waals surface area contributed by atoms with Crippen LogP contribution < -0.4 is 21.3 Å². The molecule has 0 aromatic heterocycles. The smallest absolute Gasteiger partial charge is 0.322 e. The Kier molecular flexibility index (Phi) is 14.2. The van der Waals surface area contributed by atoms with Gasteiger partial charge in [0, 0.05) is 61.0 Å². The van der Waals surface area contributed by atoms with E-state index in [1.807, 2.05) is 24.3 Å². The van der Waals surface area contributed by atoms with E-state index >= 15 is 0 Å². The Morgan fingerprint density at radius 2 is 0.854 bits per heavy atom. The van der Waals surface area contributed by atoms with Gasteiger partial charge in [-0.05, 0) is 125 Å². The maximum atomic E-state index is 13.8. The largest absolute Gasteiger partial charge is 0.385 e. The second kappa shape index (κ2) is 18.9. The van der Waals surface area contributed by atoms with Crippen molar-refractivity contribution < 1.29 is 9.59 Å². The predicted molar refractivity (Wildman–Crippen MR) is 201 cm³/mol. The number of nitrogens with zero attached hydrogens (tertiary/aromatic N) is 2. The van der Waals surface area contributed by atoms with Crippen LogP contribution in [0, 0.1) is 11.8 Å². The van der Waals surface area contributed by atoms with Crippen molar-refractivity contribution >= 4 is 34.8 Å². The fourth-order valence-electron chi connectivity index (χ4n) is 8.01. The SMILES string of the molecule is CCCNc1ccc(NC(=O)N(C[C@H]2CC[C@H](CN(C(=O)Nc3ccc(NCCC)cc3)C3CCCCC3)CC2)C2CCCCC2)cc1. The summed E-state index contributed by atoms with van der Waals surface area (Å²) >= 11 is 0. The third-order valence-electron chi connectivity index (χ3n) is 10.9. The number of carbonyl (C=O) groups excluding carboxylic acids is 2. The van der Waals surface area contributed by atoms with Crippen LogP contribution in [0.2, 0.25) is 0 Å². The molecule has 0 radical (unpaired) electrons. The van der Waals surface area contributed by atoms with Gasteiger partial charge in [-0.1, -0.05) is 52.4 Å². The fraction of sp³-hybridized carbons (Fsp3) is 0.650. The van der Waals surface area contributed by atoms with Crippen molar-refractivity contribution in [1.82, 2.24) is 9.80 Å². The van der Waals surface area contributed by atoms with Crippen LogP contribution in [0.3, 0.4) is 0 Å². The van der Waals surface area contributed by atoms with Gasteiger partial charge in [-0.15, -0.1) is 0 Å². The Bertz CT molecular complexity index is 1130. The summed E-state index contributed by atoms with van der Waals surface area (Å²) in [5.41, 5.74) is 3.89. The molecule has 3 saturated carbocycles. The normalized spacial score (nSPS) is 20.5. The highest BCUT2D eigenvalue weighted by atomic mass is 16.2. The zero-order valence-corrected chi connectivity index (χ0v) is 29.8. The second-order valence-electron chi connectivity index (χ2n) is 14.6. The molecule has 8 nitrogen and oxygen atoms in total. The van der Waals surface area contributed by atoms with E-state index in [2.05, 4.69) is 69.2 Å². The monoisotopic (exact) mass is 658 g/mol. The minimum atomic E-state index is 0.0487. The van der Waals surface area contributed by atoms with Gasteiger partial charge >= 0.3 is 12.1 Å². The first-order valence-corrected chi connectivity index (χ1v) is 19.4. The molecule has 0 atom stereocenters. The van der Waals surface area contributed by atoms with Gasteiger partial charge in [0.2, 0.25) is 0 Å². The van der Waals surface area contributed by atoms with Crippen LogP contribution in [0.25, 0.3) is 0 Å². The minimum absolute atomic E-state index is 0.0487. The summed E-state index contributed by atoms with van der Waals surface area (Å²) in [5, 5.41) is 13.3. The first-order chi connectivity index (χ1) is 23.5. The predicted octanol–water partition coefficient (Wildman–Crippen LogP) is 10.2. The first kappa shape index (κ1) is 35.9. The topological polar surface area (TPSA) is 88.7 Å². The third-order valence-corrected chi connectivity index (χ3v) is 10.9. The Hall–Kier alpha value is -3.42. The fourth-order valence-corrected chi connectivity index (χ4v) is 8.01. The number of benzene rings is 2. The van der Waals surface area contributed by atoms with Crippen molar-refractivity contribution in [3.05, 3.63) is 48.5 Å². The number of hydrogen-bond acceptors (Lipinski definition) is 4. The zero-order valence-electron chi connectivity index (χ0n) is 29.8. The van der Waals surface area contributed by atoms with E-state index in [-0.39, 0.29) is 12.1 Å². The average Bonchev–Trinajstić information content (AvgIpc) is 3.13. The van der Waals surface area contributed by atoms with Crippen molar-refractivity contribution in [2.24, 2.45) is 11.8 Å². The molecule has 4 amide bonds. The Morgan fingerprint density at radius 3 is 1.19 bits per heavy atom. The third kappa shape index (κ3) is 10.8. The number of urea groups is 2. The molecule has 2 aromatic carbocycles. The van der Waals surface area contributed by atoms with Crippen molar-refractivity contribution in [3.63, 3.8) is 0 Å². The Morgan fingerprint density at radius 1 is 0.521 bits per heavy atom. The van der Waals surface area contributed by atoms with Crippen LogP contribution in [0.15, 0.2) is 48.5 Å². The van der Waals surface area contributed by atoms with Crippen LogP contribution in [-0.4, -0.2) is 60.1 Å². The van der Waals surface area contributed by atoms with Gasteiger partial charge in [0.15, 0.2) is 0 Å². The van der Waals surface area contributed by atoms with Crippen LogP contribution in [-0.2, 0) is 0 Å². The van der Waals surface area contributed by atoms with Crippen LogP contribution >= 0.6 is 0 Å². The standard InChI is InChI=1S/C40H62N6O2/c1-3-27-41-33-19-23-35(24-20-33)43-39(47)45(37-11-7-5-8-12-37)29-31-15-17-32(18-16-31)30-46(38-13-9-6-10-14-38)40(48)44-36-25-21-34(22-26-36)42-28-4-2/h19-26,31-32,37-38,41-42H,3-18,27-30H2,1-2H3,(H,43,47)(H,44,48)/t31-,32-. The summed E-state index contributed by atoms with van der Waals surface area (Å²) in [6, 6.07) is 17.0. The zero-order chi connectivity index (χ0) is 33.6. The van der Waals surface area contributed by atoms with Crippen molar-refractivity contribution in [2.45, 2.75) is 129 Å². The molecule has 0 bridgehead atoms. The van der Waals surface area contributed by atoms with Crippen LogP contribution in [0.1, 0.15) is 117 Å². The van der Waals surface area contributed by atoms with Gasteiger partial charge in [-0.2, -0.15) is 0 Å². The summed E-state index contributed by atoms with van der Waals surface area (Å²) < 4.78 is 0. The summed E-state index contributed by atoms with van der Waals surface area (Å²) in [6.07, 6.45) is 18.4. The quantitative estimate of drug-likeness (QED) is 0.163. The number of nitrogens with one attached hydrogen (secondary N) is 4. The lowest BCUT2D eigenvalue weighted by Crippen LogP contribution is -2.48. The number of rotatable bonds is 14. The van der Waals surface area contributed by atoms with Gasteiger partial charge in [0.25, 0.3) is 0 Å². The lowest BCUT2D eigenvalue weighted by atomic mass is 9.80. The number of amides is 4. The Labute approximate surface area is 290 Å². The molecule has 2 aromatic rings. The van der Waals surface area contributed by atoms with Crippen LogP contribution in [0.4, 0.5) is 32.3 Å². The van der Waals surface area contributed by atoms with E-state index in [1.54, 1.807) is 0 Å². The molecule has 48 heavy (non-hydrogen) atoms. The molecule has 4 N–H and O–H groups in total. The molecule has 0 heterocycles. The van der Waals surface area contributed by atoms with Gasteiger partial charge in [0.05, 0.1) is 0 Å².